The molecule has 8 nitrogen and oxygen atoms in total. The van der Waals surface area contributed by atoms with Crippen LogP contribution in [0, 0.1) is 6.92 Å². The smallest absolute Gasteiger partial charge is 0.332 e. The largest absolute Gasteiger partial charge is 0.474 e. The summed E-state index contributed by atoms with van der Waals surface area (Å²) in [5.41, 5.74) is 5.67. The van der Waals surface area contributed by atoms with Crippen molar-refractivity contribution in [2.45, 2.75) is 45.1 Å². The predicted molar refractivity (Wildman–Crippen MR) is 125 cm³/mol. The summed E-state index contributed by atoms with van der Waals surface area (Å²) in [6, 6.07) is 5.20. The van der Waals surface area contributed by atoms with Gasteiger partial charge in [-0.1, -0.05) is 6.07 Å². The minimum atomic E-state index is -3.67. The van der Waals surface area contributed by atoms with Gasteiger partial charge in [-0.2, -0.15) is 0 Å². The molecule has 2 aromatic rings. The number of aromatic nitrogens is 1. The maximum absolute atomic E-state index is 12.4. The fraction of sp³-hybridized carbons (Fsp3) is 0.478. The van der Waals surface area contributed by atoms with Crippen molar-refractivity contribution in [1.29, 1.82) is 0 Å². The van der Waals surface area contributed by atoms with E-state index in [2.05, 4.69) is 28.3 Å². The molecule has 2 heterocycles. The van der Waals surface area contributed by atoms with E-state index < -0.39 is 16.1 Å². The van der Waals surface area contributed by atoms with E-state index in [4.69, 9.17) is 4.74 Å². The van der Waals surface area contributed by atoms with Gasteiger partial charge in [-0.05, 0) is 74.4 Å². The number of anilines is 1. The standard InChI is InChI=1S/C23H30N4O4S/c1-15-13-16-5-4-6-19(16)22(25-23(28)26-32(3,29)30)21(15)17-7-10-24-20(14-17)31-18-8-11-27(2)12-9-18/h7,10,13-14,18H,4-6,8-9,11-12H2,1-3H3,(H2,25,26,28). The highest BCUT2D eigenvalue weighted by molar-refractivity contribution is 7.89. The molecule has 1 aliphatic heterocycles. The molecule has 32 heavy (non-hydrogen) atoms. The molecule has 0 radical (unpaired) electrons. The van der Waals surface area contributed by atoms with E-state index in [0.29, 0.717) is 11.6 Å². The third kappa shape index (κ3) is 5.21. The number of rotatable bonds is 5. The van der Waals surface area contributed by atoms with Gasteiger partial charge in [0.2, 0.25) is 15.9 Å². The third-order valence-corrected chi connectivity index (χ3v) is 6.65. The number of piperidine rings is 1. The summed E-state index contributed by atoms with van der Waals surface area (Å²) < 4.78 is 31.3. The summed E-state index contributed by atoms with van der Waals surface area (Å²) in [6.45, 7) is 4.00. The molecule has 1 aliphatic carbocycles. The molecule has 1 fully saturated rings. The molecular formula is C23H30N4O4S. The normalized spacial score (nSPS) is 17.1. The van der Waals surface area contributed by atoms with E-state index in [1.54, 1.807) is 6.20 Å². The fourth-order valence-electron chi connectivity index (χ4n) is 4.61. The first-order valence-corrected chi connectivity index (χ1v) is 12.8. The number of sulfonamides is 1. The van der Waals surface area contributed by atoms with Gasteiger partial charge >= 0.3 is 6.03 Å². The Bertz CT molecular complexity index is 1130. The SMILES string of the molecule is Cc1cc2c(c(NC(=O)NS(C)(=O)=O)c1-c1ccnc(OC3CCN(C)CC3)c1)CCC2. The predicted octanol–water partition coefficient (Wildman–Crippen LogP) is 3.10. The first-order chi connectivity index (χ1) is 15.2. The molecular weight excluding hydrogens is 428 g/mol. The number of fused-ring (bicyclic) bond motifs is 1. The lowest BCUT2D eigenvalue weighted by Gasteiger charge is -2.29. The van der Waals surface area contributed by atoms with Crippen LogP contribution in [0.3, 0.4) is 0 Å². The van der Waals surface area contributed by atoms with Gasteiger partial charge in [0.15, 0.2) is 0 Å². The second-order valence-corrected chi connectivity index (χ2v) is 10.5. The molecule has 2 N–H and O–H groups in total. The van der Waals surface area contributed by atoms with Crippen molar-refractivity contribution >= 4 is 21.7 Å². The Kier molecular flexibility index (Phi) is 6.39. The van der Waals surface area contributed by atoms with Crippen molar-refractivity contribution in [1.82, 2.24) is 14.6 Å². The number of nitrogens with zero attached hydrogens (tertiary/aromatic N) is 2. The van der Waals surface area contributed by atoms with Crippen LogP contribution in [0.5, 0.6) is 5.88 Å². The highest BCUT2D eigenvalue weighted by Crippen LogP contribution is 2.40. The number of nitrogens with one attached hydrogen (secondary N) is 2. The van der Waals surface area contributed by atoms with Crippen molar-refractivity contribution in [3.8, 4) is 17.0 Å². The van der Waals surface area contributed by atoms with Crippen LogP contribution in [0.2, 0.25) is 0 Å². The highest BCUT2D eigenvalue weighted by Gasteiger charge is 2.24. The molecule has 0 saturated carbocycles. The third-order valence-electron chi connectivity index (χ3n) is 6.09. The maximum Gasteiger partial charge on any atom is 0.332 e. The van der Waals surface area contributed by atoms with E-state index in [1.165, 1.54) is 5.56 Å². The summed E-state index contributed by atoms with van der Waals surface area (Å²) in [6.07, 6.45) is 7.50. The number of carbonyl (C=O) groups excluding carboxylic acids is 1. The highest BCUT2D eigenvalue weighted by atomic mass is 32.2. The van der Waals surface area contributed by atoms with Crippen LogP contribution in [0.15, 0.2) is 24.4 Å². The van der Waals surface area contributed by atoms with Crippen molar-refractivity contribution in [3.05, 3.63) is 41.1 Å². The zero-order chi connectivity index (χ0) is 22.9. The summed E-state index contributed by atoms with van der Waals surface area (Å²) in [4.78, 5) is 19.1. The van der Waals surface area contributed by atoms with E-state index in [1.807, 2.05) is 23.8 Å². The Labute approximate surface area is 189 Å². The summed E-state index contributed by atoms with van der Waals surface area (Å²) in [7, 11) is -1.56. The average molecular weight is 459 g/mol. The number of aryl methyl sites for hydroxylation is 2. The number of hydrogen-bond donors (Lipinski definition) is 2. The van der Waals surface area contributed by atoms with Crippen molar-refractivity contribution in [2.75, 3.05) is 31.7 Å². The van der Waals surface area contributed by atoms with E-state index in [-0.39, 0.29) is 6.10 Å². The maximum atomic E-state index is 12.4. The first kappa shape index (κ1) is 22.5. The number of ether oxygens (including phenoxy) is 1. The molecule has 9 heteroatoms. The van der Waals surface area contributed by atoms with Crippen LogP contribution in [-0.2, 0) is 22.9 Å². The Balaban J connectivity index is 1.68. The molecule has 0 spiro atoms. The van der Waals surface area contributed by atoms with Crippen LogP contribution in [0.1, 0.15) is 36.0 Å². The number of hydrogen-bond acceptors (Lipinski definition) is 6. The Morgan fingerprint density at radius 1 is 1.22 bits per heavy atom. The van der Waals surface area contributed by atoms with Gasteiger partial charge < -0.3 is 15.0 Å². The van der Waals surface area contributed by atoms with E-state index >= 15 is 0 Å². The number of carbonyl (C=O) groups is 1. The Morgan fingerprint density at radius 2 is 1.97 bits per heavy atom. The lowest BCUT2D eigenvalue weighted by atomic mass is 9.93. The van der Waals surface area contributed by atoms with Crippen molar-refractivity contribution < 1.29 is 17.9 Å². The van der Waals surface area contributed by atoms with Gasteiger partial charge in [-0.15, -0.1) is 0 Å². The topological polar surface area (TPSA) is 101 Å². The van der Waals surface area contributed by atoms with E-state index in [9.17, 15) is 13.2 Å². The zero-order valence-corrected chi connectivity index (χ0v) is 19.6. The van der Waals surface area contributed by atoms with Crippen LogP contribution in [0.4, 0.5) is 10.5 Å². The van der Waals surface area contributed by atoms with Gasteiger partial charge in [-0.25, -0.2) is 22.9 Å². The summed E-state index contributed by atoms with van der Waals surface area (Å²) in [5.74, 6) is 0.559. The molecule has 0 atom stereocenters. The van der Waals surface area contributed by atoms with Gasteiger partial charge in [0.1, 0.15) is 6.10 Å². The summed E-state index contributed by atoms with van der Waals surface area (Å²) >= 11 is 0. The lowest BCUT2D eigenvalue weighted by Crippen LogP contribution is -2.35. The molecule has 1 aromatic heterocycles. The molecule has 0 bridgehead atoms. The van der Waals surface area contributed by atoms with Gasteiger partial charge in [0.25, 0.3) is 0 Å². The molecule has 0 unspecified atom stereocenters. The second kappa shape index (κ2) is 9.07. The number of benzene rings is 1. The van der Waals surface area contributed by atoms with Crippen LogP contribution in [-0.4, -0.2) is 56.8 Å². The summed E-state index contributed by atoms with van der Waals surface area (Å²) in [5, 5.41) is 2.82. The minimum absolute atomic E-state index is 0.133. The number of pyridine rings is 1. The molecule has 1 aromatic carbocycles. The van der Waals surface area contributed by atoms with Crippen molar-refractivity contribution in [3.63, 3.8) is 0 Å². The van der Waals surface area contributed by atoms with E-state index in [0.717, 1.165) is 73.7 Å². The van der Waals surface area contributed by atoms with Crippen LogP contribution < -0.4 is 14.8 Å². The van der Waals surface area contributed by atoms with Gasteiger partial charge in [-0.3, -0.25) is 0 Å². The van der Waals surface area contributed by atoms with Crippen LogP contribution >= 0.6 is 0 Å². The Hall–Kier alpha value is -2.65. The molecule has 1 saturated heterocycles. The Morgan fingerprint density at radius 3 is 2.69 bits per heavy atom. The molecule has 172 valence electrons. The van der Waals surface area contributed by atoms with Gasteiger partial charge in [0.05, 0.1) is 11.9 Å². The minimum Gasteiger partial charge on any atom is -0.474 e. The molecule has 4 rings (SSSR count). The number of urea groups is 1. The second-order valence-electron chi connectivity index (χ2n) is 8.77. The molecule has 2 amide bonds. The van der Waals surface area contributed by atoms with Gasteiger partial charge in [0, 0.05) is 30.9 Å². The van der Waals surface area contributed by atoms with Crippen LogP contribution in [0.25, 0.3) is 11.1 Å². The zero-order valence-electron chi connectivity index (χ0n) is 18.8. The first-order valence-electron chi connectivity index (χ1n) is 11.0. The average Bonchev–Trinajstić information content (AvgIpc) is 3.17. The van der Waals surface area contributed by atoms with Crippen molar-refractivity contribution in [2.24, 2.45) is 0 Å². The fourth-order valence-corrected chi connectivity index (χ4v) is 5.00. The number of likely N-dealkylation sites (tertiary alicyclic amines) is 1. The molecule has 2 aliphatic rings. The quantitative estimate of drug-likeness (QED) is 0.714. The lowest BCUT2D eigenvalue weighted by molar-refractivity contribution is 0.110. The monoisotopic (exact) mass is 458 g/mol. The number of amides is 2.